The van der Waals surface area contributed by atoms with Gasteiger partial charge in [0.25, 0.3) is 5.91 Å². The summed E-state index contributed by atoms with van der Waals surface area (Å²) in [6.07, 6.45) is 5.23. The molecular weight excluding hydrogens is 216 g/mol. The number of aliphatic hydroxyl groups excluding tert-OH is 1. The Bertz CT molecular complexity index is 238. The van der Waals surface area contributed by atoms with E-state index in [2.05, 4.69) is 5.32 Å². The number of nitrogens with two attached hydrogens (primary N) is 1. The summed E-state index contributed by atoms with van der Waals surface area (Å²) in [6, 6.07) is -0.226. The number of nitrogens with one attached hydrogen (secondary N) is 1. The van der Waals surface area contributed by atoms with Gasteiger partial charge in [0.05, 0.1) is 0 Å². The second-order valence-corrected chi connectivity index (χ2v) is 5.58. The lowest BCUT2D eigenvalue weighted by Crippen LogP contribution is -2.50. The Morgan fingerprint density at radius 1 is 1.35 bits per heavy atom. The Kier molecular flexibility index (Phi) is 5.92. The van der Waals surface area contributed by atoms with E-state index in [1.165, 1.54) is 19.3 Å². The van der Waals surface area contributed by atoms with E-state index in [4.69, 9.17) is 5.73 Å². The lowest BCUT2D eigenvalue weighted by molar-refractivity contribution is -0.131. The number of rotatable bonds is 5. The molecule has 0 aromatic rings. The average molecular weight is 242 g/mol. The first-order valence-electron chi connectivity index (χ1n) is 6.74. The topological polar surface area (TPSA) is 75.3 Å². The predicted octanol–water partition coefficient (Wildman–Crippen LogP) is 1.17. The number of hydrogen-bond donors (Lipinski definition) is 3. The molecule has 0 aromatic carbocycles. The molecule has 100 valence electrons. The van der Waals surface area contributed by atoms with Gasteiger partial charge >= 0.3 is 0 Å². The first-order valence-corrected chi connectivity index (χ1v) is 6.74. The highest BCUT2D eigenvalue weighted by molar-refractivity contribution is 5.81. The molecule has 2 atom stereocenters. The third-order valence-corrected chi connectivity index (χ3v) is 3.37. The molecule has 0 saturated heterocycles. The largest absolute Gasteiger partial charge is 0.382 e. The fourth-order valence-electron chi connectivity index (χ4n) is 2.40. The van der Waals surface area contributed by atoms with E-state index >= 15 is 0 Å². The van der Waals surface area contributed by atoms with Crippen LogP contribution in [0.2, 0.25) is 0 Å². The smallest absolute Gasteiger partial charge is 0.250 e. The molecule has 0 spiro atoms. The Morgan fingerprint density at radius 3 is 2.47 bits per heavy atom. The van der Waals surface area contributed by atoms with Crippen LogP contribution in [0.1, 0.15) is 52.4 Å². The van der Waals surface area contributed by atoms with E-state index in [0.29, 0.717) is 12.3 Å². The van der Waals surface area contributed by atoms with Gasteiger partial charge < -0.3 is 16.2 Å². The Balaban J connectivity index is 2.34. The summed E-state index contributed by atoms with van der Waals surface area (Å²) in [4.78, 5) is 11.8. The van der Waals surface area contributed by atoms with Crippen molar-refractivity contribution in [2.45, 2.75) is 70.6 Å². The highest BCUT2D eigenvalue weighted by Gasteiger charge is 2.26. The molecule has 0 bridgehead atoms. The third kappa shape index (κ3) is 5.04. The van der Waals surface area contributed by atoms with Crippen LogP contribution >= 0.6 is 0 Å². The van der Waals surface area contributed by atoms with E-state index in [0.717, 1.165) is 12.8 Å². The standard InChI is InChI=1S/C13H26N2O2/c1-9(2)8-11(14)12(16)13(17)15-10-6-4-3-5-7-10/h9-12,16H,3-8,14H2,1-2H3,(H,15,17)/t11-,12?/m0/s1. The molecule has 0 aliphatic heterocycles. The summed E-state index contributed by atoms with van der Waals surface area (Å²) in [6.45, 7) is 4.07. The number of carbonyl (C=O) groups is 1. The molecule has 0 radical (unpaired) electrons. The molecule has 17 heavy (non-hydrogen) atoms. The Hall–Kier alpha value is -0.610. The van der Waals surface area contributed by atoms with Crippen LogP contribution in [-0.4, -0.2) is 29.2 Å². The van der Waals surface area contributed by atoms with Crippen LogP contribution in [0, 0.1) is 5.92 Å². The molecule has 1 aliphatic carbocycles. The minimum Gasteiger partial charge on any atom is -0.382 e. The van der Waals surface area contributed by atoms with Crippen molar-refractivity contribution in [3.05, 3.63) is 0 Å². The van der Waals surface area contributed by atoms with Gasteiger partial charge in [-0.2, -0.15) is 0 Å². The minimum absolute atomic E-state index is 0.233. The minimum atomic E-state index is -1.07. The molecule has 1 unspecified atom stereocenters. The van der Waals surface area contributed by atoms with Gasteiger partial charge in [0.2, 0.25) is 0 Å². The average Bonchev–Trinajstić information content (AvgIpc) is 2.28. The van der Waals surface area contributed by atoms with Gasteiger partial charge in [-0.3, -0.25) is 4.79 Å². The second kappa shape index (κ2) is 6.97. The highest BCUT2D eigenvalue weighted by atomic mass is 16.3. The highest BCUT2D eigenvalue weighted by Crippen LogP contribution is 2.17. The van der Waals surface area contributed by atoms with Crippen molar-refractivity contribution in [1.29, 1.82) is 0 Å². The number of carbonyl (C=O) groups excluding carboxylic acids is 1. The Labute approximate surface area is 104 Å². The maximum atomic E-state index is 11.8. The van der Waals surface area contributed by atoms with E-state index in [9.17, 15) is 9.90 Å². The lowest BCUT2D eigenvalue weighted by atomic mass is 9.94. The molecule has 1 saturated carbocycles. The van der Waals surface area contributed by atoms with Crippen molar-refractivity contribution >= 4 is 5.91 Å². The molecule has 1 rings (SSSR count). The van der Waals surface area contributed by atoms with E-state index in [1.807, 2.05) is 13.8 Å². The quantitative estimate of drug-likeness (QED) is 0.677. The van der Waals surface area contributed by atoms with Crippen LogP contribution in [0.25, 0.3) is 0 Å². The van der Waals surface area contributed by atoms with Gasteiger partial charge in [-0.1, -0.05) is 33.1 Å². The zero-order valence-corrected chi connectivity index (χ0v) is 11.0. The molecule has 1 fully saturated rings. The maximum absolute atomic E-state index is 11.8. The fourth-order valence-corrected chi connectivity index (χ4v) is 2.40. The van der Waals surface area contributed by atoms with Crippen molar-refractivity contribution in [1.82, 2.24) is 5.32 Å². The van der Waals surface area contributed by atoms with E-state index < -0.39 is 12.1 Å². The molecule has 4 nitrogen and oxygen atoms in total. The van der Waals surface area contributed by atoms with Crippen LogP contribution in [0.4, 0.5) is 0 Å². The third-order valence-electron chi connectivity index (χ3n) is 3.37. The van der Waals surface area contributed by atoms with Crippen LogP contribution in [-0.2, 0) is 4.79 Å². The Morgan fingerprint density at radius 2 is 1.94 bits per heavy atom. The number of aliphatic hydroxyl groups is 1. The van der Waals surface area contributed by atoms with Crippen molar-refractivity contribution in [3.8, 4) is 0 Å². The summed E-state index contributed by atoms with van der Waals surface area (Å²) >= 11 is 0. The molecule has 1 amide bonds. The van der Waals surface area contributed by atoms with Crippen LogP contribution in [0.3, 0.4) is 0 Å². The first kappa shape index (κ1) is 14.5. The zero-order chi connectivity index (χ0) is 12.8. The first-order chi connectivity index (χ1) is 8.00. The summed E-state index contributed by atoms with van der Waals surface area (Å²) in [7, 11) is 0. The maximum Gasteiger partial charge on any atom is 0.250 e. The normalized spacial score (nSPS) is 21.2. The van der Waals surface area contributed by atoms with Crippen LogP contribution in [0.5, 0.6) is 0 Å². The molecular formula is C13H26N2O2. The van der Waals surface area contributed by atoms with Gasteiger partial charge in [-0.05, 0) is 25.2 Å². The summed E-state index contributed by atoms with van der Waals surface area (Å²) in [5, 5.41) is 12.7. The SMILES string of the molecule is CC(C)C[C@H](N)C(O)C(=O)NC1CCCCC1. The molecule has 0 aromatic heterocycles. The van der Waals surface area contributed by atoms with Crippen molar-refractivity contribution < 1.29 is 9.90 Å². The van der Waals surface area contributed by atoms with Gasteiger partial charge in [-0.25, -0.2) is 0 Å². The fraction of sp³-hybridized carbons (Fsp3) is 0.923. The van der Waals surface area contributed by atoms with Crippen LogP contribution < -0.4 is 11.1 Å². The predicted molar refractivity (Wildman–Crippen MR) is 68.5 cm³/mol. The monoisotopic (exact) mass is 242 g/mol. The van der Waals surface area contributed by atoms with Gasteiger partial charge in [0.1, 0.15) is 6.10 Å². The molecule has 0 heterocycles. The van der Waals surface area contributed by atoms with Crippen molar-refractivity contribution in [3.63, 3.8) is 0 Å². The van der Waals surface area contributed by atoms with Crippen molar-refractivity contribution in [2.24, 2.45) is 11.7 Å². The number of hydrogen-bond acceptors (Lipinski definition) is 3. The summed E-state index contributed by atoms with van der Waals surface area (Å²) in [5.41, 5.74) is 5.81. The molecule has 4 N–H and O–H groups in total. The summed E-state index contributed by atoms with van der Waals surface area (Å²) < 4.78 is 0. The number of amides is 1. The van der Waals surface area contributed by atoms with E-state index in [-0.39, 0.29) is 11.9 Å². The van der Waals surface area contributed by atoms with Gasteiger partial charge in [0.15, 0.2) is 0 Å². The molecule has 4 heteroatoms. The molecule has 1 aliphatic rings. The van der Waals surface area contributed by atoms with Crippen molar-refractivity contribution in [2.75, 3.05) is 0 Å². The van der Waals surface area contributed by atoms with Gasteiger partial charge in [0, 0.05) is 12.1 Å². The summed E-state index contributed by atoms with van der Waals surface area (Å²) in [5.74, 6) is 0.0900. The van der Waals surface area contributed by atoms with Crippen LogP contribution in [0.15, 0.2) is 0 Å². The lowest BCUT2D eigenvalue weighted by Gasteiger charge is -2.26. The van der Waals surface area contributed by atoms with E-state index in [1.54, 1.807) is 0 Å². The second-order valence-electron chi connectivity index (χ2n) is 5.58. The zero-order valence-electron chi connectivity index (χ0n) is 11.0. The van der Waals surface area contributed by atoms with Gasteiger partial charge in [-0.15, -0.1) is 0 Å².